The van der Waals surface area contributed by atoms with Crippen LogP contribution in [0.1, 0.15) is 92.9 Å². The fraction of sp³-hybridized carbons (Fsp3) is 0.889. The van der Waals surface area contributed by atoms with Crippen LogP contribution in [0.3, 0.4) is 0 Å². The maximum Gasteiger partial charge on any atom is 0.315 e. The zero-order valence-corrected chi connectivity index (χ0v) is 29.0. The fourth-order valence-electron chi connectivity index (χ4n) is 12.3. The average molecular weight is 681 g/mol. The molecule has 12 heteroatoms. The van der Waals surface area contributed by atoms with Gasteiger partial charge in [-0.05, 0) is 99.2 Å². The SMILES string of the molecule is C[C@@H]1CC[C@@]2(C(=O)O[C@H]3O[C@@H](CO)[C@H](O)[C@@H](O)[C@@H]3O)CC[C@@]3(C)C(=CC[C@@H]4[C@]5(C)C[C@@H](O)[C@@H](O)[C@@](C)(C(=O)O)[C@@H]5CC[C@@]43C)[C@@H]2[C@]1(C)O. The van der Waals surface area contributed by atoms with Crippen LogP contribution in [0, 0.1) is 50.7 Å². The monoisotopic (exact) mass is 680 g/mol. The molecule has 1 aliphatic heterocycles. The first-order chi connectivity index (χ1) is 22.2. The zero-order chi connectivity index (χ0) is 35.6. The number of carbonyl (C=O) groups excluding carboxylic acids is 1. The summed E-state index contributed by atoms with van der Waals surface area (Å²) >= 11 is 0. The van der Waals surface area contributed by atoms with Crippen molar-refractivity contribution in [3.63, 3.8) is 0 Å². The Balaban J connectivity index is 1.41. The van der Waals surface area contributed by atoms with E-state index in [1.165, 1.54) is 0 Å². The van der Waals surface area contributed by atoms with Crippen LogP contribution in [-0.2, 0) is 19.1 Å². The number of rotatable bonds is 4. The summed E-state index contributed by atoms with van der Waals surface area (Å²) in [5.41, 5.74) is -4.57. The summed E-state index contributed by atoms with van der Waals surface area (Å²) in [5, 5.41) is 85.9. The van der Waals surface area contributed by atoms with Crippen molar-refractivity contribution in [2.24, 2.45) is 50.7 Å². The van der Waals surface area contributed by atoms with Gasteiger partial charge in [-0.2, -0.15) is 0 Å². The Hall–Kier alpha value is -1.64. The normalized spacial score (nSPS) is 56.4. The topological polar surface area (TPSA) is 214 Å². The van der Waals surface area contributed by atoms with Crippen LogP contribution < -0.4 is 0 Å². The number of carbonyl (C=O) groups is 2. The summed E-state index contributed by atoms with van der Waals surface area (Å²) in [6.07, 6.45) is -4.43. The van der Waals surface area contributed by atoms with Gasteiger partial charge in [0, 0.05) is 5.92 Å². The molecule has 4 saturated carbocycles. The van der Waals surface area contributed by atoms with Crippen LogP contribution in [0.4, 0.5) is 0 Å². The summed E-state index contributed by atoms with van der Waals surface area (Å²) in [7, 11) is 0. The van der Waals surface area contributed by atoms with Gasteiger partial charge in [-0.25, -0.2) is 0 Å². The Bertz CT molecular complexity index is 1350. The first-order valence-electron chi connectivity index (χ1n) is 17.7. The van der Waals surface area contributed by atoms with E-state index < -0.39 is 100 Å². The van der Waals surface area contributed by atoms with Crippen LogP contribution in [0.2, 0.25) is 0 Å². The van der Waals surface area contributed by atoms with Crippen molar-refractivity contribution in [3.8, 4) is 0 Å². The van der Waals surface area contributed by atoms with Gasteiger partial charge >= 0.3 is 11.9 Å². The van der Waals surface area contributed by atoms with Crippen LogP contribution in [0.15, 0.2) is 11.6 Å². The molecule has 1 heterocycles. The number of esters is 1. The molecule has 0 bridgehead atoms. The van der Waals surface area contributed by atoms with Gasteiger partial charge in [-0.15, -0.1) is 0 Å². The molecular formula is C36H56O12. The van der Waals surface area contributed by atoms with Crippen LogP contribution in [0.5, 0.6) is 0 Å². The molecule has 0 radical (unpaired) electrons. The van der Waals surface area contributed by atoms with Gasteiger partial charge < -0.3 is 50.3 Å². The maximum absolute atomic E-state index is 14.5. The first kappa shape index (κ1) is 36.2. The van der Waals surface area contributed by atoms with E-state index in [2.05, 4.69) is 26.8 Å². The van der Waals surface area contributed by atoms with Gasteiger partial charge in [0.25, 0.3) is 0 Å². The quantitative estimate of drug-likeness (QED) is 0.157. The highest BCUT2D eigenvalue weighted by Crippen LogP contribution is 2.76. The van der Waals surface area contributed by atoms with E-state index in [0.29, 0.717) is 44.9 Å². The Morgan fingerprint density at radius 2 is 1.58 bits per heavy atom. The lowest BCUT2D eigenvalue weighted by Crippen LogP contribution is -2.70. The minimum atomic E-state index is -1.75. The highest BCUT2D eigenvalue weighted by molar-refractivity contribution is 5.79. The predicted molar refractivity (Wildman–Crippen MR) is 170 cm³/mol. The maximum atomic E-state index is 14.5. The standard InChI is InChI=1S/C36H56O12/c1-17-9-12-36(30(45)48-28-25(41)24(40)23(39)20(16-37)47-28)14-13-32(3)18(26(36)35(17,6)46)7-8-21-31(2)15-19(38)27(42)34(5,29(43)44)22(31)10-11-33(21,32)4/h7,17,19-28,37-42,46H,8-16H2,1-6H3,(H,43,44)/t17-,19-,20+,21-,22-,23+,24-,25+,26-,27-,28-,31+,32+,33+,34+,35-,36-/m1/s1. The van der Waals surface area contributed by atoms with Gasteiger partial charge in [0.05, 0.1) is 35.2 Å². The molecule has 5 aliphatic carbocycles. The van der Waals surface area contributed by atoms with Gasteiger partial charge in [-0.3, -0.25) is 9.59 Å². The van der Waals surface area contributed by atoms with Gasteiger partial charge in [0.2, 0.25) is 6.29 Å². The number of aliphatic carboxylic acids is 1. The molecule has 48 heavy (non-hydrogen) atoms. The van der Waals surface area contributed by atoms with Crippen molar-refractivity contribution in [2.45, 2.75) is 141 Å². The molecular weight excluding hydrogens is 624 g/mol. The molecule has 8 N–H and O–H groups in total. The van der Waals surface area contributed by atoms with Crippen molar-refractivity contribution in [3.05, 3.63) is 11.6 Å². The lowest BCUT2D eigenvalue weighted by Gasteiger charge is -2.71. The smallest absolute Gasteiger partial charge is 0.315 e. The van der Waals surface area contributed by atoms with Crippen LogP contribution in [-0.4, -0.2) is 108 Å². The number of fused-ring (bicyclic) bond motifs is 7. The minimum Gasteiger partial charge on any atom is -0.481 e. The third kappa shape index (κ3) is 4.49. The molecule has 6 rings (SSSR count). The summed E-state index contributed by atoms with van der Waals surface area (Å²) in [6.45, 7) is 11.2. The van der Waals surface area contributed by atoms with Crippen LogP contribution >= 0.6 is 0 Å². The summed E-state index contributed by atoms with van der Waals surface area (Å²) in [6, 6.07) is 0. The van der Waals surface area contributed by atoms with E-state index in [0.717, 1.165) is 5.57 Å². The summed E-state index contributed by atoms with van der Waals surface area (Å²) in [4.78, 5) is 27.2. The lowest BCUT2D eigenvalue weighted by atomic mass is 9.33. The highest BCUT2D eigenvalue weighted by Gasteiger charge is 2.73. The molecule has 0 aromatic heterocycles. The number of allylic oxidation sites excluding steroid dienone is 1. The number of carboxylic acids is 1. The number of aliphatic hydroxyl groups excluding tert-OH is 6. The van der Waals surface area contributed by atoms with Crippen molar-refractivity contribution < 1.29 is 59.9 Å². The molecule has 0 aromatic carbocycles. The molecule has 272 valence electrons. The second kappa shape index (κ2) is 11.4. The molecule has 0 unspecified atom stereocenters. The third-order valence-corrected chi connectivity index (χ3v) is 15.6. The van der Waals surface area contributed by atoms with E-state index in [1.54, 1.807) is 13.8 Å². The average Bonchev–Trinajstić information content (AvgIpc) is 3.02. The number of ether oxygens (including phenoxy) is 2. The Morgan fingerprint density at radius 3 is 2.21 bits per heavy atom. The van der Waals surface area contributed by atoms with E-state index in [1.807, 2.05) is 6.92 Å². The number of carboxylic acid groups (broad SMARTS) is 1. The highest BCUT2D eigenvalue weighted by atomic mass is 16.7. The molecule has 6 aliphatic rings. The lowest BCUT2D eigenvalue weighted by molar-refractivity contribution is -0.299. The van der Waals surface area contributed by atoms with Crippen molar-refractivity contribution in [2.75, 3.05) is 6.61 Å². The Morgan fingerprint density at radius 1 is 0.917 bits per heavy atom. The van der Waals surface area contributed by atoms with E-state index in [9.17, 15) is 50.4 Å². The van der Waals surface area contributed by atoms with Crippen molar-refractivity contribution in [1.29, 1.82) is 0 Å². The number of aliphatic hydroxyl groups is 7. The first-order valence-corrected chi connectivity index (χ1v) is 17.7. The number of hydrogen-bond acceptors (Lipinski definition) is 11. The zero-order valence-electron chi connectivity index (χ0n) is 29.0. The minimum absolute atomic E-state index is 0.0437. The molecule has 17 atom stereocenters. The summed E-state index contributed by atoms with van der Waals surface area (Å²) < 4.78 is 11.4. The molecule has 0 aromatic rings. The van der Waals surface area contributed by atoms with Gasteiger partial charge in [-0.1, -0.05) is 39.3 Å². The Kier molecular flexibility index (Phi) is 8.61. The van der Waals surface area contributed by atoms with E-state index >= 15 is 0 Å². The number of hydrogen-bond donors (Lipinski definition) is 8. The molecule has 1 saturated heterocycles. The molecule has 0 amide bonds. The second-order valence-corrected chi connectivity index (χ2v) is 17.5. The largest absolute Gasteiger partial charge is 0.481 e. The Labute approximate surface area is 282 Å². The molecule has 12 nitrogen and oxygen atoms in total. The fourth-order valence-corrected chi connectivity index (χ4v) is 12.3. The van der Waals surface area contributed by atoms with Gasteiger partial charge in [0.15, 0.2) is 0 Å². The molecule has 5 fully saturated rings. The van der Waals surface area contributed by atoms with E-state index in [-0.39, 0.29) is 24.2 Å². The van der Waals surface area contributed by atoms with Crippen molar-refractivity contribution >= 4 is 11.9 Å². The van der Waals surface area contributed by atoms with Crippen LogP contribution in [0.25, 0.3) is 0 Å². The van der Waals surface area contributed by atoms with E-state index in [4.69, 9.17) is 9.47 Å². The molecule has 0 spiro atoms. The van der Waals surface area contributed by atoms with Gasteiger partial charge in [0.1, 0.15) is 24.4 Å². The summed E-state index contributed by atoms with van der Waals surface area (Å²) in [5.74, 6) is -3.01. The third-order valence-electron chi connectivity index (χ3n) is 15.6. The predicted octanol–water partition coefficient (Wildman–Crippen LogP) is 1.50. The van der Waals surface area contributed by atoms with Crippen molar-refractivity contribution in [1.82, 2.24) is 0 Å². The second-order valence-electron chi connectivity index (χ2n) is 17.5.